The van der Waals surface area contributed by atoms with Gasteiger partial charge < -0.3 is 9.47 Å². The zero-order valence-corrected chi connectivity index (χ0v) is 11.0. The Bertz CT molecular complexity index is 396. The van der Waals surface area contributed by atoms with Crippen molar-refractivity contribution in [2.45, 2.75) is 12.3 Å². The molecular weight excluding hydrogens is 254 g/mol. The summed E-state index contributed by atoms with van der Waals surface area (Å²) in [6, 6.07) is 7.69. The van der Waals surface area contributed by atoms with Gasteiger partial charge in [-0.25, -0.2) is 0 Å². The van der Waals surface area contributed by atoms with Crippen LogP contribution in [-0.4, -0.2) is 44.3 Å². The molecule has 1 heterocycles. The summed E-state index contributed by atoms with van der Waals surface area (Å²) < 4.78 is 10.5. The van der Waals surface area contributed by atoms with Crippen molar-refractivity contribution in [3.8, 4) is 0 Å². The molecule has 0 radical (unpaired) electrons. The zero-order valence-electron chi connectivity index (χ0n) is 10.2. The second kappa shape index (κ2) is 6.29. The SMILES string of the molecule is COCCN1C(C=O)OC[C@@H]1c1ccc(Cl)cc1. The third-order valence-corrected chi connectivity index (χ3v) is 3.33. The number of methoxy groups -OCH3 is 1. The quantitative estimate of drug-likeness (QED) is 0.765. The maximum Gasteiger partial charge on any atom is 0.167 e. The van der Waals surface area contributed by atoms with Crippen LogP contribution in [0.2, 0.25) is 5.02 Å². The molecule has 2 atom stereocenters. The first-order valence-corrected chi connectivity index (χ1v) is 6.21. The van der Waals surface area contributed by atoms with E-state index in [4.69, 9.17) is 21.1 Å². The van der Waals surface area contributed by atoms with Crippen LogP contribution in [0.1, 0.15) is 11.6 Å². The molecule has 4 nitrogen and oxygen atoms in total. The van der Waals surface area contributed by atoms with Crippen molar-refractivity contribution in [1.29, 1.82) is 0 Å². The highest BCUT2D eigenvalue weighted by molar-refractivity contribution is 6.30. The fourth-order valence-electron chi connectivity index (χ4n) is 2.13. The monoisotopic (exact) mass is 269 g/mol. The van der Waals surface area contributed by atoms with Crippen LogP contribution in [-0.2, 0) is 14.3 Å². The van der Waals surface area contributed by atoms with Crippen LogP contribution in [0.15, 0.2) is 24.3 Å². The van der Waals surface area contributed by atoms with Gasteiger partial charge in [-0.05, 0) is 17.7 Å². The van der Waals surface area contributed by atoms with E-state index in [9.17, 15) is 4.79 Å². The van der Waals surface area contributed by atoms with Crippen molar-refractivity contribution in [2.75, 3.05) is 26.9 Å². The van der Waals surface area contributed by atoms with Crippen LogP contribution in [0, 0.1) is 0 Å². The van der Waals surface area contributed by atoms with E-state index >= 15 is 0 Å². The standard InChI is InChI=1S/C13H16ClNO3/c1-17-7-6-15-12(9-18-13(15)8-16)10-2-4-11(14)5-3-10/h2-5,8,12-13H,6-7,9H2,1H3/t12-,13?/m1/s1. The Morgan fingerprint density at radius 1 is 1.50 bits per heavy atom. The molecule has 1 aromatic rings. The van der Waals surface area contributed by atoms with E-state index in [0.29, 0.717) is 24.8 Å². The van der Waals surface area contributed by atoms with Gasteiger partial charge in [0.25, 0.3) is 0 Å². The molecule has 1 fully saturated rings. The minimum atomic E-state index is -0.485. The number of hydrogen-bond acceptors (Lipinski definition) is 4. The first kappa shape index (κ1) is 13.5. The van der Waals surface area contributed by atoms with Crippen molar-refractivity contribution >= 4 is 17.9 Å². The highest BCUT2D eigenvalue weighted by Gasteiger charge is 2.34. The Labute approximate surface area is 111 Å². The Morgan fingerprint density at radius 2 is 2.22 bits per heavy atom. The number of carbonyl (C=O) groups is 1. The van der Waals surface area contributed by atoms with Gasteiger partial charge in [0, 0.05) is 18.7 Å². The Kier molecular flexibility index (Phi) is 4.72. The van der Waals surface area contributed by atoms with E-state index < -0.39 is 6.23 Å². The molecule has 1 aliphatic heterocycles. The largest absolute Gasteiger partial charge is 0.383 e. The van der Waals surface area contributed by atoms with Crippen LogP contribution in [0.4, 0.5) is 0 Å². The maximum absolute atomic E-state index is 11.0. The number of nitrogens with zero attached hydrogens (tertiary/aromatic N) is 1. The Hall–Kier alpha value is -0.940. The molecule has 0 aromatic heterocycles. The topological polar surface area (TPSA) is 38.8 Å². The maximum atomic E-state index is 11.0. The van der Waals surface area contributed by atoms with Gasteiger partial charge in [0.1, 0.15) is 0 Å². The molecule has 0 bridgehead atoms. The average Bonchev–Trinajstić information content (AvgIpc) is 2.80. The third kappa shape index (κ3) is 2.90. The highest BCUT2D eigenvalue weighted by atomic mass is 35.5. The molecule has 0 spiro atoms. The fraction of sp³-hybridized carbons (Fsp3) is 0.462. The van der Waals surface area contributed by atoms with Crippen LogP contribution < -0.4 is 0 Å². The summed E-state index contributed by atoms with van der Waals surface area (Å²) in [6.07, 6.45) is 0.340. The lowest BCUT2D eigenvalue weighted by atomic mass is 10.1. The molecule has 0 saturated carbocycles. The molecule has 5 heteroatoms. The van der Waals surface area contributed by atoms with Gasteiger partial charge in [-0.15, -0.1) is 0 Å². The number of aldehydes is 1. The van der Waals surface area contributed by atoms with Gasteiger partial charge in [0.05, 0.1) is 19.3 Å². The van der Waals surface area contributed by atoms with E-state index in [1.54, 1.807) is 7.11 Å². The van der Waals surface area contributed by atoms with Gasteiger partial charge in [-0.2, -0.15) is 0 Å². The summed E-state index contributed by atoms with van der Waals surface area (Å²) in [5, 5.41) is 0.702. The summed E-state index contributed by atoms with van der Waals surface area (Å²) in [4.78, 5) is 13.0. The second-order valence-electron chi connectivity index (χ2n) is 4.16. The zero-order chi connectivity index (χ0) is 13.0. The molecule has 0 amide bonds. The normalized spacial score (nSPS) is 24.3. The van der Waals surface area contributed by atoms with Crippen molar-refractivity contribution in [3.63, 3.8) is 0 Å². The molecule has 1 saturated heterocycles. The van der Waals surface area contributed by atoms with Crippen LogP contribution >= 0.6 is 11.6 Å². The van der Waals surface area contributed by atoms with E-state index in [0.717, 1.165) is 11.8 Å². The molecule has 0 N–H and O–H groups in total. The van der Waals surface area contributed by atoms with Crippen molar-refractivity contribution in [1.82, 2.24) is 4.90 Å². The van der Waals surface area contributed by atoms with E-state index in [2.05, 4.69) is 0 Å². The molecule has 1 aromatic carbocycles. The van der Waals surface area contributed by atoms with Gasteiger partial charge in [0.2, 0.25) is 0 Å². The predicted molar refractivity (Wildman–Crippen MR) is 68.6 cm³/mol. The second-order valence-corrected chi connectivity index (χ2v) is 4.59. The van der Waals surface area contributed by atoms with E-state index in [1.807, 2.05) is 29.2 Å². The van der Waals surface area contributed by atoms with Crippen molar-refractivity contribution in [3.05, 3.63) is 34.9 Å². The first-order valence-electron chi connectivity index (χ1n) is 5.83. The fourth-order valence-corrected chi connectivity index (χ4v) is 2.25. The van der Waals surface area contributed by atoms with E-state index in [1.165, 1.54) is 0 Å². The van der Waals surface area contributed by atoms with E-state index in [-0.39, 0.29) is 6.04 Å². The summed E-state index contributed by atoms with van der Waals surface area (Å²) in [7, 11) is 1.64. The number of carbonyl (C=O) groups excluding carboxylic acids is 1. The van der Waals surface area contributed by atoms with Gasteiger partial charge >= 0.3 is 0 Å². The molecule has 1 unspecified atom stereocenters. The van der Waals surface area contributed by atoms with Crippen LogP contribution in [0.5, 0.6) is 0 Å². The smallest absolute Gasteiger partial charge is 0.167 e. The third-order valence-electron chi connectivity index (χ3n) is 3.08. The minimum absolute atomic E-state index is 0.0765. The minimum Gasteiger partial charge on any atom is -0.383 e. The molecule has 2 rings (SSSR count). The number of halogens is 1. The van der Waals surface area contributed by atoms with Gasteiger partial charge in [-0.3, -0.25) is 9.69 Å². The molecule has 18 heavy (non-hydrogen) atoms. The lowest BCUT2D eigenvalue weighted by Gasteiger charge is -2.25. The number of benzene rings is 1. The summed E-state index contributed by atoms with van der Waals surface area (Å²) in [5.74, 6) is 0. The molecular formula is C13H16ClNO3. The highest BCUT2D eigenvalue weighted by Crippen LogP contribution is 2.29. The molecule has 98 valence electrons. The number of ether oxygens (including phenoxy) is 2. The molecule has 0 aliphatic carbocycles. The first-order chi connectivity index (χ1) is 8.76. The number of rotatable bonds is 5. The summed E-state index contributed by atoms with van der Waals surface area (Å²) in [5.41, 5.74) is 1.10. The van der Waals surface area contributed by atoms with Crippen LogP contribution in [0.25, 0.3) is 0 Å². The molecule has 1 aliphatic rings. The summed E-state index contributed by atoms with van der Waals surface area (Å²) >= 11 is 5.87. The number of hydrogen-bond donors (Lipinski definition) is 0. The lowest BCUT2D eigenvalue weighted by molar-refractivity contribution is -0.122. The van der Waals surface area contributed by atoms with Crippen molar-refractivity contribution < 1.29 is 14.3 Å². The predicted octanol–water partition coefficient (Wildman–Crippen LogP) is 1.88. The summed E-state index contributed by atoms with van der Waals surface area (Å²) in [6.45, 7) is 1.74. The Balaban J connectivity index is 2.14. The Morgan fingerprint density at radius 3 is 2.83 bits per heavy atom. The van der Waals surface area contributed by atoms with Crippen molar-refractivity contribution in [2.24, 2.45) is 0 Å². The average molecular weight is 270 g/mol. The lowest BCUT2D eigenvalue weighted by Crippen LogP contribution is -2.36. The van der Waals surface area contributed by atoms with Gasteiger partial charge in [0.15, 0.2) is 12.5 Å². The van der Waals surface area contributed by atoms with Crippen LogP contribution in [0.3, 0.4) is 0 Å². The van der Waals surface area contributed by atoms with Gasteiger partial charge in [-0.1, -0.05) is 23.7 Å².